The molecule has 2 rings (SSSR count). The van der Waals surface area contributed by atoms with Crippen LogP contribution in [0.4, 0.5) is 0 Å². The first-order valence-corrected chi connectivity index (χ1v) is 7.46. The Hall–Kier alpha value is -0.170. The van der Waals surface area contributed by atoms with Crippen molar-refractivity contribution in [3.8, 4) is 0 Å². The zero-order valence-corrected chi connectivity index (χ0v) is 10.2. The summed E-state index contributed by atoms with van der Waals surface area (Å²) in [5.41, 5.74) is 0. The fourth-order valence-electron chi connectivity index (χ4n) is 3.05. The van der Waals surface area contributed by atoms with Crippen LogP contribution in [0.3, 0.4) is 0 Å². The van der Waals surface area contributed by atoms with Gasteiger partial charge in [0.2, 0.25) is 0 Å². The number of hydrogen-bond donors (Lipinski definition) is 2. The van der Waals surface area contributed by atoms with Crippen LogP contribution in [0.1, 0.15) is 38.5 Å². The third-order valence-corrected chi connectivity index (χ3v) is 4.87. The molecular weight excluding hydrogens is 228 g/mol. The highest BCUT2D eigenvalue weighted by molar-refractivity contribution is 7.86. The Morgan fingerprint density at radius 1 is 1.19 bits per heavy atom. The minimum Gasteiger partial charge on any atom is -0.392 e. The molecule has 0 bridgehead atoms. The van der Waals surface area contributed by atoms with Gasteiger partial charge in [0, 0.05) is 12.6 Å². The van der Waals surface area contributed by atoms with Gasteiger partial charge in [-0.1, -0.05) is 19.3 Å². The number of hydrogen-bond acceptors (Lipinski definition) is 3. The predicted octanol–water partition coefficient (Wildman–Crippen LogP) is 0.205. The lowest BCUT2D eigenvalue weighted by Crippen LogP contribution is -2.44. The minimum atomic E-state index is -3.66. The third-order valence-electron chi connectivity index (χ3n) is 3.80. The zero-order valence-electron chi connectivity index (χ0n) is 9.38. The Kier molecular flexibility index (Phi) is 3.53. The molecule has 94 valence electrons. The molecule has 2 atom stereocenters. The number of aliphatic hydroxyl groups is 1. The summed E-state index contributed by atoms with van der Waals surface area (Å²) in [6, 6.07) is -0.0784. The van der Waals surface area contributed by atoms with E-state index in [1.807, 2.05) is 0 Å². The molecule has 0 radical (unpaired) electrons. The van der Waals surface area contributed by atoms with Gasteiger partial charge in [-0.3, -0.25) is 0 Å². The summed E-state index contributed by atoms with van der Waals surface area (Å²) < 4.78 is 24.1. The standard InChI is InChI=1S/C10H20N2O3S/c11-16(14,15)12-7-9(13)6-10(12)8-4-2-1-3-5-8/h8-10,13H,1-7H2,(H2,11,14,15)/t9-,10-/m1/s1. The van der Waals surface area contributed by atoms with Gasteiger partial charge in [-0.05, 0) is 25.2 Å². The Morgan fingerprint density at radius 2 is 1.81 bits per heavy atom. The molecule has 0 amide bonds. The lowest BCUT2D eigenvalue weighted by atomic mass is 9.83. The van der Waals surface area contributed by atoms with E-state index in [1.165, 1.54) is 10.7 Å². The SMILES string of the molecule is NS(=O)(=O)N1C[C@H](O)C[C@@H]1C1CCCCC1. The molecule has 0 aromatic rings. The average Bonchev–Trinajstić information content (AvgIpc) is 2.61. The first-order chi connectivity index (χ1) is 7.48. The molecule has 0 spiro atoms. The quantitative estimate of drug-likeness (QED) is 0.732. The minimum absolute atomic E-state index is 0.0784. The monoisotopic (exact) mass is 248 g/mol. The van der Waals surface area contributed by atoms with E-state index in [-0.39, 0.29) is 12.6 Å². The summed E-state index contributed by atoms with van der Waals surface area (Å²) in [7, 11) is -3.66. The number of aliphatic hydroxyl groups excluding tert-OH is 1. The fraction of sp³-hybridized carbons (Fsp3) is 1.00. The maximum atomic E-state index is 11.4. The summed E-state index contributed by atoms with van der Waals surface area (Å²) >= 11 is 0. The second kappa shape index (κ2) is 4.60. The normalized spacial score (nSPS) is 34.4. The van der Waals surface area contributed by atoms with Gasteiger partial charge in [-0.25, -0.2) is 5.14 Å². The van der Waals surface area contributed by atoms with E-state index < -0.39 is 16.3 Å². The molecule has 0 aromatic heterocycles. The summed E-state index contributed by atoms with van der Waals surface area (Å²) in [6.07, 6.45) is 5.67. The second-order valence-corrected chi connectivity index (χ2v) is 6.47. The second-order valence-electron chi connectivity index (χ2n) is 4.97. The summed E-state index contributed by atoms with van der Waals surface area (Å²) in [4.78, 5) is 0. The van der Waals surface area contributed by atoms with Gasteiger partial charge in [-0.15, -0.1) is 0 Å². The largest absolute Gasteiger partial charge is 0.392 e. The number of rotatable bonds is 2. The molecule has 1 aliphatic carbocycles. The van der Waals surface area contributed by atoms with Crippen molar-refractivity contribution in [2.75, 3.05) is 6.54 Å². The lowest BCUT2D eigenvalue weighted by Gasteiger charge is -2.32. The Bertz CT molecular complexity index is 338. The summed E-state index contributed by atoms with van der Waals surface area (Å²) in [5, 5.41) is 14.8. The molecule has 1 saturated carbocycles. The smallest absolute Gasteiger partial charge is 0.277 e. The van der Waals surface area contributed by atoms with Crippen molar-refractivity contribution in [2.24, 2.45) is 11.1 Å². The van der Waals surface area contributed by atoms with E-state index in [1.54, 1.807) is 0 Å². The van der Waals surface area contributed by atoms with E-state index in [9.17, 15) is 13.5 Å². The number of β-amino-alcohol motifs (C(OH)–C–C–N with tert-alkyl or cyclic N) is 1. The van der Waals surface area contributed by atoms with Gasteiger partial charge in [0.1, 0.15) is 0 Å². The van der Waals surface area contributed by atoms with E-state index >= 15 is 0 Å². The van der Waals surface area contributed by atoms with Crippen molar-refractivity contribution in [1.82, 2.24) is 4.31 Å². The molecule has 2 aliphatic rings. The maximum Gasteiger partial charge on any atom is 0.277 e. The summed E-state index contributed by atoms with van der Waals surface area (Å²) in [5.74, 6) is 0.379. The van der Waals surface area contributed by atoms with Crippen LogP contribution in [0, 0.1) is 5.92 Å². The average molecular weight is 248 g/mol. The van der Waals surface area contributed by atoms with E-state index in [4.69, 9.17) is 5.14 Å². The molecule has 3 N–H and O–H groups in total. The number of nitrogens with zero attached hydrogens (tertiary/aromatic N) is 1. The molecule has 5 nitrogen and oxygen atoms in total. The van der Waals surface area contributed by atoms with Gasteiger partial charge in [-0.2, -0.15) is 12.7 Å². The zero-order chi connectivity index (χ0) is 11.8. The van der Waals surface area contributed by atoms with Crippen LogP contribution in [-0.4, -0.2) is 36.5 Å². The van der Waals surface area contributed by atoms with Crippen LogP contribution >= 0.6 is 0 Å². The Morgan fingerprint density at radius 3 is 2.38 bits per heavy atom. The van der Waals surface area contributed by atoms with Gasteiger partial charge in [0.25, 0.3) is 10.2 Å². The van der Waals surface area contributed by atoms with Crippen LogP contribution in [-0.2, 0) is 10.2 Å². The van der Waals surface area contributed by atoms with E-state index in [2.05, 4.69) is 0 Å². The predicted molar refractivity (Wildman–Crippen MR) is 60.8 cm³/mol. The molecular formula is C10H20N2O3S. The van der Waals surface area contributed by atoms with Gasteiger partial charge in [0.15, 0.2) is 0 Å². The molecule has 1 aliphatic heterocycles. The maximum absolute atomic E-state index is 11.4. The fourth-order valence-corrected chi connectivity index (χ4v) is 4.07. The molecule has 2 fully saturated rings. The third kappa shape index (κ3) is 2.56. The van der Waals surface area contributed by atoms with Gasteiger partial charge in [0.05, 0.1) is 6.10 Å². The Labute approximate surface area is 96.8 Å². The summed E-state index contributed by atoms with van der Waals surface area (Å²) in [6.45, 7) is 0.167. The first-order valence-electron chi connectivity index (χ1n) is 5.96. The molecule has 0 unspecified atom stereocenters. The highest BCUT2D eigenvalue weighted by Gasteiger charge is 2.41. The van der Waals surface area contributed by atoms with Crippen molar-refractivity contribution in [3.05, 3.63) is 0 Å². The lowest BCUT2D eigenvalue weighted by molar-refractivity contribution is 0.185. The van der Waals surface area contributed by atoms with Crippen molar-refractivity contribution < 1.29 is 13.5 Å². The van der Waals surface area contributed by atoms with Gasteiger partial charge >= 0.3 is 0 Å². The van der Waals surface area contributed by atoms with Crippen molar-refractivity contribution in [3.63, 3.8) is 0 Å². The molecule has 0 aromatic carbocycles. The van der Waals surface area contributed by atoms with Crippen molar-refractivity contribution >= 4 is 10.2 Å². The van der Waals surface area contributed by atoms with Crippen LogP contribution in [0.15, 0.2) is 0 Å². The van der Waals surface area contributed by atoms with Crippen LogP contribution < -0.4 is 5.14 Å². The van der Waals surface area contributed by atoms with E-state index in [0.29, 0.717) is 12.3 Å². The number of nitrogens with two attached hydrogens (primary N) is 1. The Balaban J connectivity index is 2.11. The molecule has 6 heteroatoms. The topological polar surface area (TPSA) is 83.6 Å². The highest BCUT2D eigenvalue weighted by atomic mass is 32.2. The molecule has 16 heavy (non-hydrogen) atoms. The van der Waals surface area contributed by atoms with Crippen LogP contribution in [0.2, 0.25) is 0 Å². The van der Waals surface area contributed by atoms with Crippen LogP contribution in [0.25, 0.3) is 0 Å². The van der Waals surface area contributed by atoms with Crippen LogP contribution in [0.5, 0.6) is 0 Å². The molecule has 1 heterocycles. The first kappa shape index (κ1) is 12.3. The molecule has 1 saturated heterocycles. The highest BCUT2D eigenvalue weighted by Crippen LogP contribution is 2.35. The van der Waals surface area contributed by atoms with E-state index in [0.717, 1.165) is 25.7 Å². The van der Waals surface area contributed by atoms with Crippen molar-refractivity contribution in [1.29, 1.82) is 0 Å². The van der Waals surface area contributed by atoms with Gasteiger partial charge < -0.3 is 5.11 Å². The van der Waals surface area contributed by atoms with Crippen molar-refractivity contribution in [2.45, 2.75) is 50.7 Å².